The van der Waals surface area contributed by atoms with Crippen LogP contribution < -0.4 is 0 Å². The second-order valence-corrected chi connectivity index (χ2v) is 5.77. The molecule has 0 amide bonds. The number of nitrogens with zero attached hydrogens (tertiary/aromatic N) is 1. The van der Waals surface area contributed by atoms with Gasteiger partial charge in [0.2, 0.25) is 0 Å². The molecule has 0 atom stereocenters. The minimum absolute atomic E-state index is 0.414. The van der Waals surface area contributed by atoms with Crippen molar-refractivity contribution < 1.29 is 4.11 Å². The molecule has 2 aromatic heterocycles. The Morgan fingerprint density at radius 2 is 1.90 bits per heavy atom. The van der Waals surface area contributed by atoms with E-state index >= 15 is 0 Å². The van der Waals surface area contributed by atoms with Crippen LogP contribution in [0.3, 0.4) is 0 Å². The average Bonchev–Trinajstić information content (AvgIpc) is 2.92. The van der Waals surface area contributed by atoms with E-state index in [1.807, 2.05) is 48.7 Å². The Bertz CT molecular complexity index is 1000. The van der Waals surface area contributed by atoms with Crippen LogP contribution in [-0.2, 0) is 0 Å². The van der Waals surface area contributed by atoms with E-state index in [2.05, 4.69) is 4.98 Å². The SMILES string of the molecule is [2H]C([2H])([2H])c1cccc2c1sc1cc(-c3ccccc3)ncc12. The molecule has 2 aromatic carbocycles. The summed E-state index contributed by atoms with van der Waals surface area (Å²) in [6.07, 6.45) is 1.85. The fourth-order valence-electron chi connectivity index (χ4n) is 2.46. The summed E-state index contributed by atoms with van der Waals surface area (Å²) in [7, 11) is 0. The molecule has 0 radical (unpaired) electrons. The Morgan fingerprint density at radius 1 is 1.00 bits per heavy atom. The maximum absolute atomic E-state index is 7.73. The number of aryl methyl sites for hydroxylation is 1. The molecular formula is C18H13NS. The van der Waals surface area contributed by atoms with E-state index in [0.717, 1.165) is 31.4 Å². The van der Waals surface area contributed by atoms with Gasteiger partial charge in [-0.1, -0.05) is 48.5 Å². The molecule has 0 aliphatic rings. The van der Waals surface area contributed by atoms with Crippen LogP contribution in [0.5, 0.6) is 0 Å². The summed E-state index contributed by atoms with van der Waals surface area (Å²) >= 11 is 1.52. The summed E-state index contributed by atoms with van der Waals surface area (Å²) in [5, 5.41) is 1.97. The van der Waals surface area contributed by atoms with E-state index in [4.69, 9.17) is 4.11 Å². The van der Waals surface area contributed by atoms with E-state index in [1.54, 1.807) is 12.1 Å². The predicted molar refractivity (Wildman–Crippen MR) is 87.3 cm³/mol. The highest BCUT2D eigenvalue weighted by molar-refractivity contribution is 7.26. The number of aromatic nitrogens is 1. The molecule has 0 N–H and O–H groups in total. The van der Waals surface area contributed by atoms with Gasteiger partial charge in [0.05, 0.1) is 5.69 Å². The topological polar surface area (TPSA) is 12.9 Å². The third-order valence-corrected chi connectivity index (χ3v) is 4.65. The molecule has 4 rings (SSSR count). The Kier molecular flexibility index (Phi) is 1.96. The van der Waals surface area contributed by atoms with Crippen LogP contribution in [-0.4, -0.2) is 4.98 Å². The van der Waals surface area contributed by atoms with Crippen molar-refractivity contribution in [3.63, 3.8) is 0 Å². The highest BCUT2D eigenvalue weighted by atomic mass is 32.1. The van der Waals surface area contributed by atoms with Crippen molar-refractivity contribution in [3.8, 4) is 11.3 Å². The van der Waals surface area contributed by atoms with Crippen molar-refractivity contribution in [1.82, 2.24) is 4.98 Å². The molecule has 2 heterocycles. The fraction of sp³-hybridized carbons (Fsp3) is 0.0556. The molecule has 0 fully saturated rings. The molecule has 20 heavy (non-hydrogen) atoms. The minimum Gasteiger partial charge on any atom is -0.256 e. The Labute approximate surface area is 125 Å². The molecule has 2 heteroatoms. The van der Waals surface area contributed by atoms with Crippen molar-refractivity contribution in [1.29, 1.82) is 0 Å². The molecular weight excluding hydrogens is 262 g/mol. The molecule has 1 nitrogen and oxygen atoms in total. The lowest BCUT2D eigenvalue weighted by atomic mass is 10.1. The lowest BCUT2D eigenvalue weighted by molar-refractivity contribution is 1.36. The first-order valence-corrected chi connectivity index (χ1v) is 7.23. The summed E-state index contributed by atoms with van der Waals surface area (Å²) < 4.78 is 25.1. The third kappa shape index (κ3) is 1.73. The standard InChI is InChI=1S/C18H13NS/c1-12-6-5-9-14-15-11-19-16(10-17(15)20-18(12)14)13-7-3-2-4-8-13/h2-11H,1H3/i1D3. The summed E-state index contributed by atoms with van der Waals surface area (Å²) in [6, 6.07) is 17.5. The molecule has 0 bridgehead atoms. The van der Waals surface area contributed by atoms with Crippen LogP contribution in [0.4, 0.5) is 0 Å². The second kappa shape index (κ2) is 4.43. The summed E-state index contributed by atoms with van der Waals surface area (Å²) in [6.45, 7) is -2.10. The van der Waals surface area contributed by atoms with Crippen molar-refractivity contribution in [2.24, 2.45) is 0 Å². The number of fused-ring (bicyclic) bond motifs is 3. The maximum atomic E-state index is 7.73. The van der Waals surface area contributed by atoms with E-state index in [-0.39, 0.29) is 0 Å². The Hall–Kier alpha value is -2.19. The number of hydrogen-bond acceptors (Lipinski definition) is 2. The number of hydrogen-bond donors (Lipinski definition) is 0. The number of thiophene rings is 1. The Morgan fingerprint density at radius 3 is 2.75 bits per heavy atom. The van der Waals surface area contributed by atoms with E-state index in [1.165, 1.54) is 11.3 Å². The molecule has 0 unspecified atom stereocenters. The smallest absolute Gasteiger partial charge is 0.0716 e. The largest absolute Gasteiger partial charge is 0.256 e. The van der Waals surface area contributed by atoms with E-state index < -0.39 is 6.85 Å². The van der Waals surface area contributed by atoms with Gasteiger partial charge in [-0.05, 0) is 18.5 Å². The highest BCUT2D eigenvalue weighted by Crippen LogP contribution is 2.36. The third-order valence-electron chi connectivity index (χ3n) is 3.45. The van der Waals surface area contributed by atoms with Crippen LogP contribution >= 0.6 is 11.3 Å². The average molecular weight is 278 g/mol. The lowest BCUT2D eigenvalue weighted by Gasteiger charge is -2.00. The van der Waals surface area contributed by atoms with Gasteiger partial charge in [0.1, 0.15) is 0 Å². The first kappa shape index (κ1) is 8.88. The molecule has 0 spiro atoms. The van der Waals surface area contributed by atoms with Crippen molar-refractivity contribution in [3.05, 3.63) is 66.4 Å². The zero-order valence-corrected chi connectivity index (χ0v) is 11.4. The van der Waals surface area contributed by atoms with Crippen LogP contribution in [0.25, 0.3) is 31.4 Å². The highest BCUT2D eigenvalue weighted by Gasteiger charge is 2.08. The summed E-state index contributed by atoms with van der Waals surface area (Å²) in [5.74, 6) is 0. The van der Waals surface area contributed by atoms with Crippen LogP contribution in [0.2, 0.25) is 0 Å². The van der Waals surface area contributed by atoms with Gasteiger partial charge < -0.3 is 0 Å². The van der Waals surface area contributed by atoms with Gasteiger partial charge in [-0.25, -0.2) is 0 Å². The van der Waals surface area contributed by atoms with Gasteiger partial charge in [-0.3, -0.25) is 4.98 Å². The zero-order chi connectivity index (χ0) is 16.0. The number of benzene rings is 2. The quantitative estimate of drug-likeness (QED) is 0.452. The monoisotopic (exact) mass is 278 g/mol. The van der Waals surface area contributed by atoms with Crippen molar-refractivity contribution >= 4 is 31.5 Å². The first-order valence-electron chi connectivity index (χ1n) is 7.91. The normalized spacial score (nSPS) is 14.1. The number of rotatable bonds is 1. The minimum atomic E-state index is -2.10. The number of pyridine rings is 1. The molecule has 0 saturated carbocycles. The van der Waals surface area contributed by atoms with Gasteiger partial charge >= 0.3 is 0 Å². The zero-order valence-electron chi connectivity index (χ0n) is 13.6. The summed E-state index contributed by atoms with van der Waals surface area (Å²) in [4.78, 5) is 4.56. The van der Waals surface area contributed by atoms with Gasteiger partial charge in [0.25, 0.3) is 0 Å². The van der Waals surface area contributed by atoms with Gasteiger partial charge in [0, 0.05) is 36.0 Å². The van der Waals surface area contributed by atoms with Crippen LogP contribution in [0, 0.1) is 6.85 Å². The van der Waals surface area contributed by atoms with Gasteiger partial charge in [-0.15, -0.1) is 11.3 Å². The predicted octanol–water partition coefficient (Wildman–Crippen LogP) is 5.42. The Balaban J connectivity index is 1.99. The lowest BCUT2D eigenvalue weighted by Crippen LogP contribution is -1.81. The molecule has 0 aliphatic heterocycles. The molecule has 0 saturated heterocycles. The van der Waals surface area contributed by atoms with Crippen LogP contribution in [0.1, 0.15) is 9.68 Å². The van der Waals surface area contributed by atoms with Crippen molar-refractivity contribution in [2.45, 2.75) is 6.85 Å². The van der Waals surface area contributed by atoms with Gasteiger partial charge in [0.15, 0.2) is 0 Å². The first-order chi connectivity index (χ1) is 11.0. The maximum Gasteiger partial charge on any atom is 0.0716 e. The van der Waals surface area contributed by atoms with Crippen molar-refractivity contribution in [2.75, 3.05) is 0 Å². The molecule has 96 valence electrons. The second-order valence-electron chi connectivity index (χ2n) is 4.72. The van der Waals surface area contributed by atoms with E-state index in [9.17, 15) is 0 Å². The van der Waals surface area contributed by atoms with E-state index in [0.29, 0.717) is 5.56 Å². The summed E-state index contributed by atoms with van der Waals surface area (Å²) in [5.41, 5.74) is 2.38. The van der Waals surface area contributed by atoms with Gasteiger partial charge in [-0.2, -0.15) is 0 Å². The molecule has 0 aliphatic carbocycles. The molecule has 4 aromatic rings. The van der Waals surface area contributed by atoms with Crippen LogP contribution in [0.15, 0.2) is 60.8 Å². The fourth-order valence-corrected chi connectivity index (χ4v) is 3.59.